The van der Waals surface area contributed by atoms with Crippen LogP contribution in [0.1, 0.15) is 10.4 Å². The van der Waals surface area contributed by atoms with Crippen molar-refractivity contribution in [3.63, 3.8) is 0 Å². The molecule has 1 fully saturated rings. The Morgan fingerprint density at radius 3 is 2.85 bits per heavy atom. The zero-order valence-corrected chi connectivity index (χ0v) is 17.0. The van der Waals surface area contributed by atoms with E-state index in [2.05, 4.69) is 44.5 Å². The van der Waals surface area contributed by atoms with Crippen LogP contribution < -0.4 is 4.90 Å². The van der Waals surface area contributed by atoms with Crippen molar-refractivity contribution in [3.05, 3.63) is 57.7 Å². The number of hydrogen-bond acceptors (Lipinski definition) is 7. The lowest BCUT2D eigenvalue weighted by atomic mass is 10.2. The van der Waals surface area contributed by atoms with Gasteiger partial charge in [0.1, 0.15) is 0 Å². The summed E-state index contributed by atoms with van der Waals surface area (Å²) in [7, 11) is 0. The monoisotopic (exact) mass is 417 g/mol. The van der Waals surface area contributed by atoms with E-state index in [0.29, 0.717) is 4.77 Å². The van der Waals surface area contributed by atoms with E-state index in [1.165, 1.54) is 10.6 Å². The molecule has 9 heteroatoms. The molecule has 140 valence electrons. The molecule has 2 aromatic heterocycles. The third-order valence-electron chi connectivity index (χ3n) is 4.07. The highest BCUT2D eigenvalue weighted by atomic mass is 32.2. The Morgan fingerprint density at radius 1 is 1.22 bits per heavy atom. The minimum atomic E-state index is 0.492. The Kier molecular flexibility index (Phi) is 6.03. The predicted molar refractivity (Wildman–Crippen MR) is 114 cm³/mol. The van der Waals surface area contributed by atoms with Crippen LogP contribution >= 0.6 is 35.3 Å². The Hall–Kier alpha value is -1.94. The van der Waals surface area contributed by atoms with Gasteiger partial charge in [0.15, 0.2) is 0 Å². The lowest BCUT2D eigenvalue weighted by Gasteiger charge is -2.27. The van der Waals surface area contributed by atoms with E-state index in [1.807, 2.05) is 24.4 Å². The molecule has 0 radical (unpaired) electrons. The maximum atomic E-state index is 5.41. The zero-order chi connectivity index (χ0) is 18.5. The number of H-pyrrole nitrogens is 1. The minimum Gasteiger partial charge on any atom is -0.378 e. The first-order valence-electron chi connectivity index (χ1n) is 8.60. The van der Waals surface area contributed by atoms with Gasteiger partial charge in [0.25, 0.3) is 0 Å². The fourth-order valence-corrected chi connectivity index (χ4v) is 4.70. The van der Waals surface area contributed by atoms with Crippen LogP contribution in [0.2, 0.25) is 0 Å². The van der Waals surface area contributed by atoms with Gasteiger partial charge in [-0.3, -0.25) is 0 Å². The normalized spacial score (nSPS) is 14.9. The number of anilines is 1. The van der Waals surface area contributed by atoms with Crippen LogP contribution in [-0.2, 0) is 10.5 Å². The van der Waals surface area contributed by atoms with Gasteiger partial charge in [-0.15, -0.1) is 16.4 Å². The molecule has 0 aliphatic carbocycles. The van der Waals surface area contributed by atoms with Crippen molar-refractivity contribution in [1.29, 1.82) is 0 Å². The summed E-state index contributed by atoms with van der Waals surface area (Å²) in [5.41, 5.74) is 1.24. The molecular formula is C18H19N5OS3. The van der Waals surface area contributed by atoms with E-state index in [4.69, 9.17) is 17.0 Å². The number of nitrogens with one attached hydrogen (secondary N) is 1. The summed E-state index contributed by atoms with van der Waals surface area (Å²) < 4.78 is 7.58. The molecule has 0 atom stereocenters. The van der Waals surface area contributed by atoms with E-state index < -0.39 is 0 Å². The molecule has 0 saturated carbocycles. The number of aromatic amines is 1. The fourth-order valence-electron chi connectivity index (χ4n) is 2.67. The van der Waals surface area contributed by atoms with Crippen molar-refractivity contribution in [1.82, 2.24) is 14.9 Å². The molecule has 3 aromatic rings. The van der Waals surface area contributed by atoms with Crippen LogP contribution in [0.25, 0.3) is 0 Å². The molecule has 1 N–H and O–H groups in total. The van der Waals surface area contributed by atoms with Crippen LogP contribution in [0.4, 0.5) is 5.00 Å². The smallest absolute Gasteiger partial charge is 0.217 e. The molecule has 6 nitrogen and oxygen atoms in total. The first kappa shape index (κ1) is 18.4. The summed E-state index contributed by atoms with van der Waals surface area (Å²) in [6, 6.07) is 14.5. The molecule has 1 saturated heterocycles. The molecule has 27 heavy (non-hydrogen) atoms. The number of morpholine rings is 1. The van der Waals surface area contributed by atoms with Crippen molar-refractivity contribution < 1.29 is 4.74 Å². The van der Waals surface area contributed by atoms with E-state index in [-0.39, 0.29) is 0 Å². The molecule has 0 unspecified atom stereocenters. The predicted octanol–water partition coefficient (Wildman–Crippen LogP) is 4.01. The van der Waals surface area contributed by atoms with Crippen molar-refractivity contribution in [2.75, 3.05) is 31.2 Å². The second-order valence-corrected chi connectivity index (χ2v) is 8.34. The molecule has 3 heterocycles. The quantitative estimate of drug-likeness (QED) is 0.373. The Bertz CT molecular complexity index is 957. The largest absolute Gasteiger partial charge is 0.378 e. The van der Waals surface area contributed by atoms with E-state index in [9.17, 15) is 0 Å². The molecule has 0 amide bonds. The molecule has 1 aromatic carbocycles. The van der Waals surface area contributed by atoms with Gasteiger partial charge in [-0.1, -0.05) is 42.1 Å². The summed E-state index contributed by atoms with van der Waals surface area (Å²) in [6.45, 7) is 3.44. The van der Waals surface area contributed by atoms with Gasteiger partial charge in [0.2, 0.25) is 9.93 Å². The summed E-state index contributed by atoms with van der Waals surface area (Å²) >= 11 is 8.65. The first-order valence-corrected chi connectivity index (χ1v) is 10.8. The van der Waals surface area contributed by atoms with E-state index in [0.717, 1.165) is 42.1 Å². The maximum Gasteiger partial charge on any atom is 0.217 e. The van der Waals surface area contributed by atoms with Gasteiger partial charge < -0.3 is 9.64 Å². The lowest BCUT2D eigenvalue weighted by molar-refractivity contribution is 0.123. The third-order valence-corrected chi connectivity index (χ3v) is 6.41. The third kappa shape index (κ3) is 4.67. The Labute approximate surface area is 170 Å². The van der Waals surface area contributed by atoms with Gasteiger partial charge in [-0.05, 0) is 29.9 Å². The van der Waals surface area contributed by atoms with Crippen LogP contribution in [0.15, 0.2) is 52.7 Å². The number of aromatic nitrogens is 3. The highest BCUT2D eigenvalue weighted by molar-refractivity contribution is 7.98. The zero-order valence-electron chi connectivity index (χ0n) is 14.6. The minimum absolute atomic E-state index is 0.492. The summed E-state index contributed by atoms with van der Waals surface area (Å²) in [6.07, 6.45) is 1.84. The van der Waals surface area contributed by atoms with Gasteiger partial charge in [-0.25, -0.2) is 5.10 Å². The maximum absolute atomic E-state index is 5.41. The number of benzene rings is 1. The number of thiophene rings is 1. The highest BCUT2D eigenvalue weighted by Crippen LogP contribution is 2.26. The van der Waals surface area contributed by atoms with Crippen LogP contribution in [0.5, 0.6) is 0 Å². The van der Waals surface area contributed by atoms with Crippen molar-refractivity contribution in [2.45, 2.75) is 10.9 Å². The Balaban J connectivity index is 1.45. The first-order chi connectivity index (χ1) is 13.3. The van der Waals surface area contributed by atoms with Crippen LogP contribution in [0.3, 0.4) is 0 Å². The fraction of sp³-hybridized carbons (Fsp3) is 0.278. The van der Waals surface area contributed by atoms with Crippen LogP contribution in [-0.4, -0.2) is 47.4 Å². The second kappa shape index (κ2) is 8.83. The second-order valence-electron chi connectivity index (χ2n) is 5.92. The van der Waals surface area contributed by atoms with Crippen molar-refractivity contribution in [3.8, 4) is 0 Å². The number of nitrogens with zero attached hydrogens (tertiary/aromatic N) is 4. The van der Waals surface area contributed by atoms with Crippen molar-refractivity contribution in [2.24, 2.45) is 5.10 Å². The summed E-state index contributed by atoms with van der Waals surface area (Å²) in [5.74, 6) is 0.816. The van der Waals surface area contributed by atoms with Gasteiger partial charge >= 0.3 is 0 Å². The molecule has 0 spiro atoms. The number of hydrogen-bond donors (Lipinski definition) is 1. The molecule has 4 rings (SSSR count). The number of thioether (sulfide) groups is 1. The average Bonchev–Trinajstić information content (AvgIpc) is 3.33. The number of ether oxygens (including phenoxy) is 1. The van der Waals surface area contributed by atoms with Crippen molar-refractivity contribution >= 4 is 46.5 Å². The van der Waals surface area contributed by atoms with Crippen LogP contribution in [0, 0.1) is 4.77 Å². The van der Waals surface area contributed by atoms with E-state index in [1.54, 1.807) is 27.8 Å². The number of rotatable bonds is 6. The highest BCUT2D eigenvalue weighted by Gasteiger charge is 2.13. The Morgan fingerprint density at radius 2 is 2.04 bits per heavy atom. The SMILES string of the molecule is S=c1[nH]nc(SCc2ccccc2)n1/N=C\c1ccc(N2CCOCC2)s1. The lowest BCUT2D eigenvalue weighted by Crippen LogP contribution is -2.35. The summed E-state index contributed by atoms with van der Waals surface area (Å²) in [4.78, 5) is 3.43. The van der Waals surface area contributed by atoms with Gasteiger partial charge in [0, 0.05) is 23.7 Å². The molecule has 1 aliphatic heterocycles. The van der Waals surface area contributed by atoms with Gasteiger partial charge in [0.05, 0.1) is 24.4 Å². The molecular weight excluding hydrogens is 398 g/mol. The standard InChI is InChI=1S/C18H19N5OS3/c25-17-20-21-18(26-13-14-4-2-1-3-5-14)23(17)19-12-15-6-7-16(27-15)22-8-10-24-11-9-22/h1-7,12H,8-11,13H2,(H,20,25)/b19-12-. The molecule has 0 bridgehead atoms. The van der Waals surface area contributed by atoms with E-state index >= 15 is 0 Å². The summed E-state index contributed by atoms with van der Waals surface area (Å²) in [5, 5.41) is 13.7. The molecule has 1 aliphatic rings. The van der Waals surface area contributed by atoms with Gasteiger partial charge in [-0.2, -0.15) is 9.78 Å². The average molecular weight is 418 g/mol. The topological polar surface area (TPSA) is 58.4 Å².